The topological polar surface area (TPSA) is 9.23 Å². The molecule has 0 radical (unpaired) electrons. The highest BCUT2D eigenvalue weighted by Gasteiger charge is 2.26. The lowest BCUT2D eigenvalue weighted by atomic mass is 9.77. The largest absolute Gasteiger partial charge is 0.494 e. The van der Waals surface area contributed by atoms with Gasteiger partial charge in [-0.3, -0.25) is 0 Å². The zero-order chi connectivity index (χ0) is 24.2. The Morgan fingerprint density at radius 2 is 1.32 bits per heavy atom. The fourth-order valence-corrected chi connectivity index (χ4v) is 4.96. The Labute approximate surface area is 198 Å². The first-order valence-corrected chi connectivity index (χ1v) is 11.7. The second-order valence-electron chi connectivity index (χ2n) is 8.93. The van der Waals surface area contributed by atoms with Crippen LogP contribution in [0.25, 0.3) is 22.3 Å². The first-order valence-electron chi connectivity index (χ1n) is 11.7. The molecule has 178 valence electrons. The lowest BCUT2D eigenvalue weighted by Crippen LogP contribution is -2.15. The number of halogens is 4. The van der Waals surface area contributed by atoms with E-state index < -0.39 is 23.3 Å². The van der Waals surface area contributed by atoms with E-state index in [-0.39, 0.29) is 22.8 Å². The summed E-state index contributed by atoms with van der Waals surface area (Å²) in [5.74, 6) is -3.28. The molecule has 3 aromatic rings. The lowest BCUT2D eigenvalue weighted by Gasteiger charge is -2.29. The third-order valence-corrected chi connectivity index (χ3v) is 6.95. The quantitative estimate of drug-likeness (QED) is 0.249. The van der Waals surface area contributed by atoms with Crippen LogP contribution >= 0.6 is 0 Å². The first-order chi connectivity index (χ1) is 16.4. The van der Waals surface area contributed by atoms with Crippen LogP contribution < -0.4 is 4.74 Å². The van der Waals surface area contributed by atoms with Gasteiger partial charge in [-0.2, -0.15) is 4.39 Å². The van der Waals surface area contributed by atoms with Gasteiger partial charge in [0.25, 0.3) is 0 Å². The molecular weight excluding hydrogens is 440 g/mol. The van der Waals surface area contributed by atoms with Gasteiger partial charge in [0.15, 0.2) is 23.2 Å². The maximum Gasteiger partial charge on any atom is 0.201 e. The summed E-state index contributed by atoms with van der Waals surface area (Å²) in [7, 11) is 1.26. The minimum atomic E-state index is -1.07. The average Bonchev–Trinajstić information content (AvgIpc) is 2.87. The van der Waals surface area contributed by atoms with Crippen LogP contribution in [0.4, 0.5) is 17.6 Å². The smallest absolute Gasteiger partial charge is 0.201 e. The molecule has 1 nitrogen and oxygen atoms in total. The van der Waals surface area contributed by atoms with Crippen molar-refractivity contribution in [2.24, 2.45) is 5.92 Å². The molecule has 1 aliphatic carbocycles. The molecule has 0 bridgehead atoms. The van der Waals surface area contributed by atoms with Crippen LogP contribution in [0.2, 0.25) is 0 Å². The highest BCUT2D eigenvalue weighted by Crippen LogP contribution is 2.40. The van der Waals surface area contributed by atoms with Crippen LogP contribution in [0, 0.1) is 29.2 Å². The van der Waals surface area contributed by atoms with E-state index in [2.05, 4.69) is 6.58 Å². The lowest BCUT2D eigenvalue weighted by molar-refractivity contribution is 0.306. The summed E-state index contributed by atoms with van der Waals surface area (Å²) in [6.45, 7) is 3.77. The van der Waals surface area contributed by atoms with Gasteiger partial charge in [0.2, 0.25) is 5.82 Å². The number of allylic oxidation sites excluding steroid dienone is 1. The Morgan fingerprint density at radius 1 is 0.765 bits per heavy atom. The van der Waals surface area contributed by atoms with E-state index in [0.717, 1.165) is 38.5 Å². The predicted molar refractivity (Wildman–Crippen MR) is 128 cm³/mol. The van der Waals surface area contributed by atoms with Crippen molar-refractivity contribution in [3.63, 3.8) is 0 Å². The van der Waals surface area contributed by atoms with Gasteiger partial charge in [0, 0.05) is 11.1 Å². The summed E-state index contributed by atoms with van der Waals surface area (Å²) in [5, 5.41) is 0. The van der Waals surface area contributed by atoms with Crippen molar-refractivity contribution >= 4 is 0 Å². The van der Waals surface area contributed by atoms with Crippen molar-refractivity contribution in [1.29, 1.82) is 0 Å². The molecule has 0 saturated heterocycles. The van der Waals surface area contributed by atoms with Crippen molar-refractivity contribution < 1.29 is 22.3 Å². The first kappa shape index (κ1) is 24.1. The van der Waals surface area contributed by atoms with Crippen LogP contribution in [0.3, 0.4) is 0 Å². The van der Waals surface area contributed by atoms with Gasteiger partial charge in [-0.1, -0.05) is 42.5 Å². The maximum absolute atomic E-state index is 15.1. The number of benzene rings is 3. The van der Waals surface area contributed by atoms with E-state index in [1.54, 1.807) is 36.4 Å². The molecule has 1 fully saturated rings. The molecule has 0 heterocycles. The highest BCUT2D eigenvalue weighted by molar-refractivity contribution is 5.71. The minimum absolute atomic E-state index is 0.0267. The standard InChI is InChI=1S/C29H28F4O/c1-3-4-5-18-6-8-19(9-7-18)22-14-15-23(27(31)26(22)30)20-10-12-21(13-11-20)24-16-17-25(34-2)29(33)28(24)32/h3,10-19H,1,4-9H2,2H3. The molecule has 5 heteroatoms. The molecule has 0 aliphatic heterocycles. The number of methoxy groups -OCH3 is 1. The highest BCUT2D eigenvalue weighted by atomic mass is 19.2. The van der Waals surface area contributed by atoms with Crippen molar-refractivity contribution in [2.45, 2.75) is 44.4 Å². The van der Waals surface area contributed by atoms with Crippen LogP contribution in [-0.4, -0.2) is 7.11 Å². The third kappa shape index (κ3) is 4.75. The van der Waals surface area contributed by atoms with E-state index in [1.165, 1.54) is 19.2 Å². The van der Waals surface area contributed by atoms with Gasteiger partial charge in [-0.05, 0) is 79.2 Å². The molecule has 0 spiro atoms. The summed E-state index contributed by atoms with van der Waals surface area (Å²) in [5.41, 5.74) is 1.54. The van der Waals surface area contributed by atoms with E-state index in [4.69, 9.17) is 4.74 Å². The van der Waals surface area contributed by atoms with Gasteiger partial charge >= 0.3 is 0 Å². The van der Waals surface area contributed by atoms with Crippen molar-refractivity contribution in [2.75, 3.05) is 7.11 Å². The van der Waals surface area contributed by atoms with Gasteiger partial charge < -0.3 is 4.74 Å². The Balaban J connectivity index is 1.54. The fraction of sp³-hybridized carbons (Fsp3) is 0.310. The molecule has 3 aromatic carbocycles. The van der Waals surface area contributed by atoms with Crippen molar-refractivity contribution in [3.8, 4) is 28.0 Å². The average molecular weight is 469 g/mol. The van der Waals surface area contributed by atoms with Gasteiger partial charge in [-0.15, -0.1) is 6.58 Å². The van der Waals surface area contributed by atoms with Gasteiger partial charge in [0.1, 0.15) is 0 Å². The number of ether oxygens (including phenoxy) is 1. The second-order valence-corrected chi connectivity index (χ2v) is 8.93. The van der Waals surface area contributed by atoms with Crippen LogP contribution in [0.5, 0.6) is 5.75 Å². The molecule has 1 aliphatic rings. The fourth-order valence-electron chi connectivity index (χ4n) is 4.96. The predicted octanol–water partition coefficient (Wildman–Crippen LogP) is 8.83. The molecular formula is C29H28F4O. The summed E-state index contributed by atoms with van der Waals surface area (Å²) in [4.78, 5) is 0. The van der Waals surface area contributed by atoms with E-state index >= 15 is 8.78 Å². The van der Waals surface area contributed by atoms with E-state index in [1.807, 2.05) is 6.08 Å². The number of rotatable bonds is 7. The third-order valence-electron chi connectivity index (χ3n) is 6.95. The number of hydrogen-bond donors (Lipinski definition) is 0. The summed E-state index contributed by atoms with van der Waals surface area (Å²) in [6, 6.07) is 12.4. The zero-order valence-corrected chi connectivity index (χ0v) is 19.2. The summed E-state index contributed by atoms with van der Waals surface area (Å²) >= 11 is 0. The molecule has 0 aromatic heterocycles. The normalized spacial score (nSPS) is 18.0. The van der Waals surface area contributed by atoms with Crippen LogP contribution in [0.1, 0.15) is 50.0 Å². The summed E-state index contributed by atoms with van der Waals surface area (Å²) < 4.78 is 63.4. The Hall–Kier alpha value is -3.08. The van der Waals surface area contributed by atoms with Gasteiger partial charge in [0.05, 0.1) is 7.11 Å². The molecule has 0 unspecified atom stereocenters. The van der Waals surface area contributed by atoms with Crippen molar-refractivity contribution in [3.05, 3.63) is 90.0 Å². The van der Waals surface area contributed by atoms with Gasteiger partial charge in [-0.25, -0.2) is 13.2 Å². The number of hydrogen-bond acceptors (Lipinski definition) is 1. The molecule has 34 heavy (non-hydrogen) atoms. The molecule has 4 rings (SSSR count). The van der Waals surface area contributed by atoms with Crippen LogP contribution in [0.15, 0.2) is 61.2 Å². The zero-order valence-electron chi connectivity index (χ0n) is 19.2. The van der Waals surface area contributed by atoms with Crippen molar-refractivity contribution in [1.82, 2.24) is 0 Å². The Kier molecular flexibility index (Phi) is 7.40. The molecule has 0 amide bonds. The monoisotopic (exact) mass is 468 g/mol. The van der Waals surface area contributed by atoms with E-state index in [9.17, 15) is 8.78 Å². The summed E-state index contributed by atoms with van der Waals surface area (Å²) in [6.07, 6.45) is 7.78. The van der Waals surface area contributed by atoms with Crippen LogP contribution in [-0.2, 0) is 0 Å². The molecule has 1 saturated carbocycles. The Morgan fingerprint density at radius 3 is 1.88 bits per heavy atom. The molecule has 0 atom stereocenters. The SMILES string of the molecule is C=CCCC1CCC(c2ccc(-c3ccc(-c4ccc(OC)c(F)c4F)cc3)c(F)c2F)CC1. The Bertz CT molecular complexity index is 1160. The molecule has 0 N–H and O–H groups in total. The second kappa shape index (κ2) is 10.5. The maximum atomic E-state index is 15.1. The minimum Gasteiger partial charge on any atom is -0.494 e. The van der Waals surface area contributed by atoms with E-state index in [0.29, 0.717) is 22.6 Å².